The second kappa shape index (κ2) is 12.3. The highest BCUT2D eigenvalue weighted by molar-refractivity contribution is 7.92. The van der Waals surface area contributed by atoms with Gasteiger partial charge in [-0.2, -0.15) is 15.0 Å². The molecule has 0 unspecified atom stereocenters. The molecule has 0 saturated heterocycles. The Labute approximate surface area is 247 Å². The lowest BCUT2D eigenvalue weighted by Crippen LogP contribution is -2.28. The van der Waals surface area contributed by atoms with Gasteiger partial charge < -0.3 is 10.5 Å². The number of carbonyl (C=O) groups excluding carboxylic acids is 1. The fraction of sp³-hybridized carbons (Fsp3) is 0.133. The van der Waals surface area contributed by atoms with Crippen molar-refractivity contribution < 1.29 is 17.9 Å². The van der Waals surface area contributed by atoms with E-state index in [0.29, 0.717) is 21.9 Å². The largest absolute Gasteiger partial charge is 0.462 e. The third-order valence-electron chi connectivity index (χ3n) is 6.25. The minimum atomic E-state index is -3.85. The zero-order valence-electron chi connectivity index (χ0n) is 22.9. The molecule has 0 radical (unpaired) electrons. The topological polar surface area (TPSA) is 157 Å². The SMILES string of the molecule is CCOC(=O)c1c(-c2ccc(C)cc2)c(C#N)c(=O)n(/N=C(\C)c2ccc(NS(=O)(=O)c3ccc(Cl)cc3)cc2)c1N. The van der Waals surface area contributed by atoms with E-state index < -0.39 is 21.6 Å². The minimum absolute atomic E-state index is 0.0447. The average Bonchev–Trinajstić information content (AvgIpc) is 2.96. The van der Waals surface area contributed by atoms with Gasteiger partial charge in [0.05, 0.1) is 17.2 Å². The predicted molar refractivity (Wildman–Crippen MR) is 162 cm³/mol. The number of hydrogen-bond acceptors (Lipinski definition) is 8. The number of rotatable bonds is 8. The van der Waals surface area contributed by atoms with Gasteiger partial charge in [-0.15, -0.1) is 0 Å². The van der Waals surface area contributed by atoms with E-state index in [9.17, 15) is 23.3 Å². The Balaban J connectivity index is 1.76. The molecule has 3 aromatic carbocycles. The highest BCUT2D eigenvalue weighted by Crippen LogP contribution is 2.31. The van der Waals surface area contributed by atoms with Gasteiger partial charge in [-0.1, -0.05) is 53.6 Å². The highest BCUT2D eigenvalue weighted by atomic mass is 35.5. The molecule has 4 aromatic rings. The van der Waals surface area contributed by atoms with Crippen LogP contribution >= 0.6 is 11.6 Å². The Kier molecular flexibility index (Phi) is 8.80. The molecule has 42 heavy (non-hydrogen) atoms. The van der Waals surface area contributed by atoms with Crippen molar-refractivity contribution in [2.24, 2.45) is 5.10 Å². The number of nitrogens with two attached hydrogens (primary N) is 1. The summed E-state index contributed by atoms with van der Waals surface area (Å²) in [5.41, 5.74) is 7.65. The number of nitrogens with zero attached hydrogens (tertiary/aromatic N) is 3. The first-order valence-corrected chi connectivity index (χ1v) is 14.5. The van der Waals surface area contributed by atoms with E-state index in [1.165, 1.54) is 36.4 Å². The molecule has 4 rings (SSSR count). The van der Waals surface area contributed by atoms with E-state index in [1.54, 1.807) is 50.2 Å². The maximum absolute atomic E-state index is 13.5. The monoisotopic (exact) mass is 603 g/mol. The zero-order valence-corrected chi connectivity index (χ0v) is 24.5. The maximum atomic E-state index is 13.5. The van der Waals surface area contributed by atoms with Gasteiger partial charge in [0.2, 0.25) is 0 Å². The lowest BCUT2D eigenvalue weighted by atomic mass is 9.95. The summed E-state index contributed by atoms with van der Waals surface area (Å²) < 4.78 is 33.9. The summed E-state index contributed by atoms with van der Waals surface area (Å²) in [7, 11) is -3.85. The van der Waals surface area contributed by atoms with E-state index in [1.807, 2.05) is 13.0 Å². The van der Waals surface area contributed by atoms with E-state index in [0.717, 1.165) is 10.2 Å². The number of anilines is 2. The van der Waals surface area contributed by atoms with Crippen LogP contribution in [0.25, 0.3) is 11.1 Å². The molecule has 0 atom stereocenters. The summed E-state index contributed by atoms with van der Waals surface area (Å²) in [5.74, 6) is -1.10. The number of halogens is 1. The van der Waals surface area contributed by atoms with Crippen LogP contribution in [-0.2, 0) is 14.8 Å². The fourth-order valence-electron chi connectivity index (χ4n) is 4.12. The summed E-state index contributed by atoms with van der Waals surface area (Å²) in [4.78, 5) is 26.6. The highest BCUT2D eigenvalue weighted by Gasteiger charge is 2.27. The van der Waals surface area contributed by atoms with Gasteiger partial charge in [0.25, 0.3) is 15.6 Å². The van der Waals surface area contributed by atoms with Crippen molar-refractivity contribution >= 4 is 44.8 Å². The van der Waals surface area contributed by atoms with Crippen LogP contribution in [-0.4, -0.2) is 31.4 Å². The Bertz CT molecular complexity index is 1890. The van der Waals surface area contributed by atoms with Gasteiger partial charge in [0, 0.05) is 16.3 Å². The van der Waals surface area contributed by atoms with Crippen molar-refractivity contribution in [3.8, 4) is 17.2 Å². The number of nitrogens with one attached hydrogen (secondary N) is 1. The van der Waals surface area contributed by atoms with Crippen molar-refractivity contribution in [2.45, 2.75) is 25.7 Å². The molecule has 12 heteroatoms. The Morgan fingerprint density at radius 3 is 2.26 bits per heavy atom. The van der Waals surface area contributed by atoms with Crippen LogP contribution in [0.15, 0.2) is 87.6 Å². The third-order valence-corrected chi connectivity index (χ3v) is 7.90. The Morgan fingerprint density at radius 2 is 1.69 bits per heavy atom. The number of aryl methyl sites for hydroxylation is 1. The van der Waals surface area contributed by atoms with Gasteiger partial charge in [0.15, 0.2) is 0 Å². The normalized spacial score (nSPS) is 11.5. The molecule has 0 aliphatic rings. The van der Waals surface area contributed by atoms with Gasteiger partial charge in [-0.05, 0) is 68.3 Å². The molecule has 0 aliphatic heterocycles. The number of hydrogen-bond donors (Lipinski definition) is 2. The number of nitrogen functional groups attached to an aromatic ring is 1. The summed E-state index contributed by atoms with van der Waals surface area (Å²) >= 11 is 5.85. The molecule has 1 heterocycles. The summed E-state index contributed by atoms with van der Waals surface area (Å²) in [6.07, 6.45) is 0. The number of carbonyl (C=O) groups is 1. The number of nitriles is 1. The van der Waals surface area contributed by atoms with E-state index in [-0.39, 0.29) is 39.7 Å². The van der Waals surface area contributed by atoms with E-state index in [2.05, 4.69) is 9.82 Å². The van der Waals surface area contributed by atoms with Crippen LogP contribution in [0.1, 0.15) is 40.9 Å². The van der Waals surface area contributed by atoms with Crippen molar-refractivity contribution in [1.82, 2.24) is 4.68 Å². The molecule has 3 N–H and O–H groups in total. The van der Waals surface area contributed by atoms with Crippen LogP contribution in [0.2, 0.25) is 5.02 Å². The molecule has 0 aliphatic carbocycles. The smallest absolute Gasteiger partial charge is 0.342 e. The quantitative estimate of drug-likeness (QED) is 0.207. The molecule has 0 saturated carbocycles. The molecule has 0 spiro atoms. The van der Waals surface area contributed by atoms with Gasteiger partial charge >= 0.3 is 5.97 Å². The first kappa shape index (κ1) is 30.0. The molecule has 0 fully saturated rings. The number of benzene rings is 3. The fourth-order valence-corrected chi connectivity index (χ4v) is 5.30. The van der Waals surface area contributed by atoms with Crippen LogP contribution < -0.4 is 16.0 Å². The lowest BCUT2D eigenvalue weighted by molar-refractivity contribution is 0.0527. The molecular weight excluding hydrogens is 578 g/mol. The van der Waals surface area contributed by atoms with Crippen molar-refractivity contribution in [3.05, 3.63) is 110 Å². The number of aromatic nitrogens is 1. The Hall–Kier alpha value is -4.92. The minimum Gasteiger partial charge on any atom is -0.462 e. The molecule has 0 amide bonds. The molecule has 10 nitrogen and oxygen atoms in total. The standard InChI is InChI=1S/C30H26ClN5O5S/c1-4-41-30(38)27-26(21-7-5-18(2)6-8-21)25(17-32)29(37)36(28(27)33)34-19(3)20-9-13-23(14-10-20)35-42(39,40)24-15-11-22(31)12-16-24/h5-16,35H,4,33H2,1-3H3/b34-19+. The second-order valence-corrected chi connectivity index (χ2v) is 11.3. The number of ether oxygens (including phenoxy) is 1. The van der Waals surface area contributed by atoms with Crippen molar-refractivity contribution in [3.63, 3.8) is 0 Å². The van der Waals surface area contributed by atoms with Gasteiger partial charge in [-0.3, -0.25) is 9.52 Å². The van der Waals surface area contributed by atoms with Crippen LogP contribution in [0.4, 0.5) is 11.5 Å². The summed E-state index contributed by atoms with van der Waals surface area (Å²) in [6, 6.07) is 20.8. The molecule has 0 bridgehead atoms. The van der Waals surface area contributed by atoms with Crippen molar-refractivity contribution in [1.29, 1.82) is 5.26 Å². The summed E-state index contributed by atoms with van der Waals surface area (Å²) in [5, 5.41) is 14.7. The number of sulfonamides is 1. The molecule has 214 valence electrons. The first-order valence-electron chi connectivity index (χ1n) is 12.6. The third kappa shape index (κ3) is 6.20. The molecule has 1 aromatic heterocycles. The predicted octanol–water partition coefficient (Wildman–Crippen LogP) is 5.18. The number of pyridine rings is 1. The van der Waals surface area contributed by atoms with E-state index in [4.69, 9.17) is 22.1 Å². The summed E-state index contributed by atoms with van der Waals surface area (Å²) in [6.45, 7) is 5.15. The zero-order chi connectivity index (χ0) is 30.6. The van der Waals surface area contributed by atoms with Crippen molar-refractivity contribution in [2.75, 3.05) is 17.1 Å². The maximum Gasteiger partial charge on any atom is 0.342 e. The van der Waals surface area contributed by atoms with Crippen LogP contribution in [0.3, 0.4) is 0 Å². The average molecular weight is 604 g/mol. The number of esters is 1. The van der Waals surface area contributed by atoms with E-state index >= 15 is 0 Å². The van der Waals surface area contributed by atoms with Crippen LogP contribution in [0.5, 0.6) is 0 Å². The van der Waals surface area contributed by atoms with Crippen LogP contribution in [0, 0.1) is 18.3 Å². The van der Waals surface area contributed by atoms with Gasteiger partial charge in [0.1, 0.15) is 23.0 Å². The Morgan fingerprint density at radius 1 is 1.07 bits per heavy atom. The second-order valence-electron chi connectivity index (χ2n) is 9.15. The van der Waals surface area contributed by atoms with Gasteiger partial charge in [-0.25, -0.2) is 13.2 Å². The molecular formula is C30H26ClN5O5S. The first-order chi connectivity index (χ1) is 20.0. The lowest BCUT2D eigenvalue weighted by Gasteiger charge is -2.16.